The van der Waals surface area contributed by atoms with Gasteiger partial charge in [-0.05, 0) is 104 Å². The van der Waals surface area contributed by atoms with Crippen molar-refractivity contribution in [2.45, 2.75) is 165 Å². The fourth-order valence-corrected chi connectivity index (χ4v) is 12.3. The monoisotopic (exact) mass is 838 g/mol. The number of carbonyl (C=O) groups excluding carboxylic acids is 2. The number of hydrogen-bond donors (Lipinski definition) is 8. The van der Waals surface area contributed by atoms with E-state index in [1.165, 1.54) is 18.3 Å². The van der Waals surface area contributed by atoms with Gasteiger partial charge in [-0.2, -0.15) is 0 Å². The molecule has 4 aliphatic carbocycles. The van der Waals surface area contributed by atoms with E-state index in [-0.39, 0.29) is 41.0 Å². The van der Waals surface area contributed by atoms with Crippen molar-refractivity contribution in [2.75, 3.05) is 20.3 Å². The number of esters is 2. The quantitative estimate of drug-likeness (QED) is 0.141. The van der Waals surface area contributed by atoms with E-state index in [4.69, 9.17) is 28.4 Å². The summed E-state index contributed by atoms with van der Waals surface area (Å²) in [4.78, 5) is 27.6. The third-order valence-corrected chi connectivity index (χ3v) is 15.9. The van der Waals surface area contributed by atoms with E-state index in [1.807, 2.05) is 13.8 Å². The third kappa shape index (κ3) is 7.44. The molecular formula is C43H66O16. The van der Waals surface area contributed by atoms with Crippen LogP contribution in [0.15, 0.2) is 23.3 Å². The normalized spacial score (nSPS) is 49.2. The summed E-state index contributed by atoms with van der Waals surface area (Å²) in [7, 11) is 1.39. The summed E-state index contributed by atoms with van der Waals surface area (Å²) < 4.78 is 35.4. The highest BCUT2D eigenvalue weighted by atomic mass is 16.8. The van der Waals surface area contributed by atoms with Crippen LogP contribution in [0.2, 0.25) is 0 Å². The van der Waals surface area contributed by atoms with Crippen LogP contribution in [0, 0.1) is 46.3 Å². The van der Waals surface area contributed by atoms with E-state index < -0.39 is 110 Å². The summed E-state index contributed by atoms with van der Waals surface area (Å²) in [6.45, 7) is 8.71. The Morgan fingerprint density at radius 3 is 2.14 bits per heavy atom. The molecule has 16 heteroatoms. The summed E-state index contributed by atoms with van der Waals surface area (Å²) in [5.41, 5.74) is 0.811. The van der Waals surface area contributed by atoms with Crippen LogP contribution >= 0.6 is 0 Å². The molecule has 0 amide bonds. The molecule has 334 valence electrons. The number of cyclic esters (lactones) is 1. The molecular weight excluding hydrogens is 772 g/mol. The molecule has 3 saturated heterocycles. The maximum absolute atomic E-state index is 14.0. The molecule has 0 radical (unpaired) electrons. The molecule has 7 rings (SSSR count). The number of aliphatic hydroxyl groups excluding tert-OH is 8. The third-order valence-electron chi connectivity index (χ3n) is 15.9. The lowest BCUT2D eigenvalue weighted by Crippen LogP contribution is -2.65. The number of carbonyl (C=O) groups is 2. The first-order valence-corrected chi connectivity index (χ1v) is 21.5. The second-order valence-electron chi connectivity index (χ2n) is 19.2. The minimum atomic E-state index is -1.77. The summed E-state index contributed by atoms with van der Waals surface area (Å²) in [6, 6.07) is 0. The maximum Gasteiger partial charge on any atom is 0.309 e. The Kier molecular flexibility index (Phi) is 12.9. The Morgan fingerprint density at radius 2 is 1.53 bits per heavy atom. The van der Waals surface area contributed by atoms with Crippen molar-refractivity contribution in [3.63, 3.8) is 0 Å². The lowest BCUT2D eigenvalue weighted by atomic mass is 9.51. The van der Waals surface area contributed by atoms with E-state index in [0.29, 0.717) is 38.5 Å². The molecule has 8 N–H and O–H groups in total. The Morgan fingerprint density at radius 1 is 0.864 bits per heavy atom. The molecule has 3 aliphatic heterocycles. The van der Waals surface area contributed by atoms with Gasteiger partial charge in [0, 0.05) is 0 Å². The van der Waals surface area contributed by atoms with E-state index in [2.05, 4.69) is 26.0 Å². The lowest BCUT2D eigenvalue weighted by Gasteiger charge is -2.54. The second kappa shape index (κ2) is 16.9. The van der Waals surface area contributed by atoms with E-state index in [0.717, 1.165) is 12.8 Å². The number of rotatable bonds is 10. The SMILES string of the molecule is COC(=O)[C@H]1CC2C3=CCC4C[C@@H](O[C@@H]5O[C@H](CO)[C@@H](O)[C@H](O)[C@H]5O[C@@H]5O[C@H](CO)[C@H](O)[C@H](O)[C@H]5O)CC[C@]4(C)C3=CC[C@]2(C)[C@H]1C1CC[C@@](C(C)C)([C@@H](C)O)OC1=O. The van der Waals surface area contributed by atoms with Crippen LogP contribution < -0.4 is 0 Å². The summed E-state index contributed by atoms with van der Waals surface area (Å²) in [5.74, 6) is -1.97. The number of ether oxygens (including phenoxy) is 6. The van der Waals surface area contributed by atoms with Crippen LogP contribution in [-0.4, -0.2) is 152 Å². The Labute approximate surface area is 345 Å². The van der Waals surface area contributed by atoms with Crippen LogP contribution in [0.1, 0.15) is 86.0 Å². The molecule has 3 heterocycles. The Balaban J connectivity index is 1.09. The second-order valence-corrected chi connectivity index (χ2v) is 19.2. The first-order chi connectivity index (χ1) is 27.9. The van der Waals surface area contributed by atoms with Crippen molar-refractivity contribution in [1.82, 2.24) is 0 Å². The fraction of sp³-hybridized carbons (Fsp3) is 0.860. The summed E-state index contributed by atoms with van der Waals surface area (Å²) in [5, 5.41) is 83.6. The van der Waals surface area contributed by atoms with Crippen LogP contribution in [0.25, 0.3) is 0 Å². The molecule has 0 aromatic carbocycles. The van der Waals surface area contributed by atoms with Crippen molar-refractivity contribution in [1.29, 1.82) is 0 Å². The molecule has 0 spiro atoms. The number of aliphatic hydroxyl groups is 8. The van der Waals surface area contributed by atoms with Crippen LogP contribution in [0.5, 0.6) is 0 Å². The lowest BCUT2D eigenvalue weighted by molar-refractivity contribution is -0.372. The van der Waals surface area contributed by atoms with E-state index in [9.17, 15) is 50.4 Å². The molecule has 2 saturated carbocycles. The van der Waals surface area contributed by atoms with E-state index in [1.54, 1.807) is 6.92 Å². The first-order valence-electron chi connectivity index (χ1n) is 21.5. The van der Waals surface area contributed by atoms with Gasteiger partial charge in [0.15, 0.2) is 12.6 Å². The highest BCUT2D eigenvalue weighted by Crippen LogP contribution is 2.67. The summed E-state index contributed by atoms with van der Waals surface area (Å²) in [6.07, 6.45) is -7.10. The molecule has 0 aromatic heterocycles. The first kappa shape index (κ1) is 45.0. The fourth-order valence-electron chi connectivity index (χ4n) is 12.3. The highest BCUT2D eigenvalue weighted by molar-refractivity contribution is 5.79. The van der Waals surface area contributed by atoms with Crippen LogP contribution in [0.4, 0.5) is 0 Å². The minimum Gasteiger partial charge on any atom is -0.469 e. The van der Waals surface area contributed by atoms with Crippen molar-refractivity contribution >= 4 is 11.9 Å². The number of allylic oxidation sites excluding steroid dienone is 4. The topological polar surface area (TPSA) is 251 Å². The molecule has 20 atom stereocenters. The minimum absolute atomic E-state index is 0.00370. The van der Waals surface area contributed by atoms with E-state index >= 15 is 0 Å². The zero-order valence-electron chi connectivity index (χ0n) is 35.0. The van der Waals surface area contributed by atoms with Gasteiger partial charge in [0.1, 0.15) is 54.4 Å². The van der Waals surface area contributed by atoms with Gasteiger partial charge in [-0.15, -0.1) is 0 Å². The molecule has 16 nitrogen and oxygen atoms in total. The van der Waals surface area contributed by atoms with Crippen LogP contribution in [-0.2, 0) is 38.0 Å². The van der Waals surface area contributed by atoms with Gasteiger partial charge < -0.3 is 69.3 Å². The largest absolute Gasteiger partial charge is 0.469 e. The smallest absolute Gasteiger partial charge is 0.309 e. The van der Waals surface area contributed by atoms with Gasteiger partial charge in [0.25, 0.3) is 0 Å². The van der Waals surface area contributed by atoms with Crippen molar-refractivity contribution < 1.29 is 78.9 Å². The average molecular weight is 839 g/mol. The molecule has 3 unspecified atom stereocenters. The van der Waals surface area contributed by atoms with Gasteiger partial charge in [0.05, 0.1) is 44.4 Å². The average Bonchev–Trinajstić information content (AvgIpc) is 3.52. The standard InChI is InChI=1S/C43H66O16/c1-19(2)43(20(3)46)14-10-24(38(53)59-43)30-25(37(52)54-6)16-27-23-8-7-21-15-22(9-12-41(21,4)26(23)11-13-42(27,30)5)55-40-36(34(50)32(48)29(18-45)57-40)58-39-35(51)33(49)31(47)28(17-44)56-39/h8,11,19-22,24-25,27-36,39-40,44-51H,7,9-10,12-18H2,1-6H3/t20-,21?,22+,24?,25+,27?,28-,29-,30+,31+,32-,33+,34+,35-,36-,39+,40-,41+,42+,43-/m1/s1. The number of fused-ring (bicyclic) bond motifs is 5. The number of hydrogen-bond acceptors (Lipinski definition) is 16. The van der Waals surface area contributed by atoms with Gasteiger partial charge >= 0.3 is 11.9 Å². The molecule has 5 fully saturated rings. The zero-order valence-corrected chi connectivity index (χ0v) is 35.0. The Hall–Kier alpha value is -2.06. The van der Waals surface area contributed by atoms with Crippen molar-refractivity contribution in [3.8, 4) is 0 Å². The zero-order chi connectivity index (χ0) is 42.9. The molecule has 59 heavy (non-hydrogen) atoms. The van der Waals surface area contributed by atoms with Gasteiger partial charge in [0.2, 0.25) is 0 Å². The van der Waals surface area contributed by atoms with Crippen molar-refractivity contribution in [2.24, 2.45) is 46.3 Å². The number of methoxy groups -OCH3 is 1. The van der Waals surface area contributed by atoms with Gasteiger partial charge in [-0.1, -0.05) is 39.8 Å². The predicted octanol–water partition coefficient (Wildman–Crippen LogP) is 0.623. The highest BCUT2D eigenvalue weighted by Gasteiger charge is 2.64. The van der Waals surface area contributed by atoms with Crippen LogP contribution in [0.3, 0.4) is 0 Å². The maximum atomic E-state index is 14.0. The predicted molar refractivity (Wildman–Crippen MR) is 205 cm³/mol. The van der Waals surface area contributed by atoms with Gasteiger partial charge in [-0.25, -0.2) is 0 Å². The van der Waals surface area contributed by atoms with Gasteiger partial charge in [-0.3, -0.25) is 9.59 Å². The molecule has 0 aromatic rings. The Bertz CT molecular complexity index is 1600. The molecule has 7 aliphatic rings. The summed E-state index contributed by atoms with van der Waals surface area (Å²) >= 11 is 0. The van der Waals surface area contributed by atoms with Crippen molar-refractivity contribution in [3.05, 3.63) is 23.3 Å². The molecule has 0 bridgehead atoms.